The third kappa shape index (κ3) is 5.76. The Balaban J connectivity index is 1.99. The maximum absolute atomic E-state index is 8.83. The van der Waals surface area contributed by atoms with E-state index < -0.39 is 0 Å². The molecule has 0 aromatic carbocycles. The molecule has 1 N–H and O–H groups in total. The highest BCUT2D eigenvalue weighted by molar-refractivity contribution is 7.99. The van der Waals surface area contributed by atoms with Gasteiger partial charge < -0.3 is 10.0 Å². The molecule has 0 aromatic heterocycles. The number of hydrogen-bond acceptors (Lipinski definition) is 4. The summed E-state index contributed by atoms with van der Waals surface area (Å²) in [5.41, 5.74) is 0. The highest BCUT2D eigenvalue weighted by Crippen LogP contribution is 2.05. The monoisotopic (exact) mass is 232 g/mol. The minimum Gasteiger partial charge on any atom is -0.395 e. The van der Waals surface area contributed by atoms with E-state index in [1.165, 1.54) is 37.6 Å². The number of piperazine rings is 1. The molecule has 0 radical (unpaired) electrons. The molecule has 0 unspecified atom stereocenters. The summed E-state index contributed by atoms with van der Waals surface area (Å²) < 4.78 is 0. The molecule has 0 aromatic rings. The average molecular weight is 232 g/mol. The van der Waals surface area contributed by atoms with E-state index in [1.54, 1.807) is 0 Å². The van der Waals surface area contributed by atoms with Crippen LogP contribution in [0.15, 0.2) is 0 Å². The summed E-state index contributed by atoms with van der Waals surface area (Å²) in [7, 11) is 0. The molecule has 0 atom stereocenters. The summed E-state index contributed by atoms with van der Waals surface area (Å²) in [5.74, 6) is 2.54. The van der Waals surface area contributed by atoms with Gasteiger partial charge in [0, 0.05) is 32.7 Å². The summed E-state index contributed by atoms with van der Waals surface area (Å²) in [6.07, 6.45) is 1.32. The summed E-state index contributed by atoms with van der Waals surface area (Å²) in [5, 5.41) is 8.83. The Morgan fingerprint density at radius 1 is 1.07 bits per heavy atom. The molecule has 0 bridgehead atoms. The molecular weight excluding hydrogens is 208 g/mol. The van der Waals surface area contributed by atoms with E-state index in [1.807, 2.05) is 11.8 Å². The third-order valence-corrected chi connectivity index (χ3v) is 3.83. The van der Waals surface area contributed by atoms with Crippen LogP contribution in [0.5, 0.6) is 0 Å². The van der Waals surface area contributed by atoms with Gasteiger partial charge in [0.2, 0.25) is 0 Å². The smallest absolute Gasteiger partial charge is 0.0558 e. The fraction of sp³-hybridized carbons (Fsp3) is 1.00. The van der Waals surface area contributed by atoms with Crippen molar-refractivity contribution in [3.8, 4) is 0 Å². The Morgan fingerprint density at radius 2 is 1.67 bits per heavy atom. The second-order valence-electron chi connectivity index (χ2n) is 3.96. The molecule has 90 valence electrons. The Morgan fingerprint density at radius 3 is 2.20 bits per heavy atom. The first-order valence-corrected chi connectivity index (χ1v) is 7.15. The van der Waals surface area contributed by atoms with Crippen LogP contribution in [0.3, 0.4) is 0 Å². The van der Waals surface area contributed by atoms with Gasteiger partial charge in [0.15, 0.2) is 0 Å². The third-order valence-electron chi connectivity index (χ3n) is 2.85. The first kappa shape index (κ1) is 13.3. The zero-order chi connectivity index (χ0) is 10.9. The number of aliphatic hydroxyl groups is 1. The molecule has 4 heteroatoms. The highest BCUT2D eigenvalue weighted by atomic mass is 32.2. The van der Waals surface area contributed by atoms with Crippen LogP contribution in [-0.4, -0.2) is 72.3 Å². The van der Waals surface area contributed by atoms with Crippen LogP contribution in [0, 0.1) is 0 Å². The van der Waals surface area contributed by atoms with E-state index >= 15 is 0 Å². The number of thioether (sulfide) groups is 1. The second-order valence-corrected chi connectivity index (χ2v) is 5.35. The number of hydrogen-bond donors (Lipinski definition) is 1. The molecule has 0 saturated carbocycles. The molecule has 1 heterocycles. The van der Waals surface area contributed by atoms with Crippen molar-refractivity contribution in [2.75, 3.05) is 57.4 Å². The van der Waals surface area contributed by atoms with Crippen molar-refractivity contribution in [2.24, 2.45) is 0 Å². The lowest BCUT2D eigenvalue weighted by Gasteiger charge is -2.34. The van der Waals surface area contributed by atoms with Gasteiger partial charge in [-0.3, -0.25) is 4.90 Å². The predicted molar refractivity (Wildman–Crippen MR) is 67.6 cm³/mol. The van der Waals surface area contributed by atoms with Gasteiger partial charge in [0.25, 0.3) is 0 Å². The number of aliphatic hydroxyl groups excluding tert-OH is 1. The van der Waals surface area contributed by atoms with Gasteiger partial charge in [0.1, 0.15) is 0 Å². The Bertz CT molecular complexity index is 147. The summed E-state index contributed by atoms with van der Waals surface area (Å²) >= 11 is 2.04. The lowest BCUT2D eigenvalue weighted by atomic mass is 10.3. The maximum Gasteiger partial charge on any atom is 0.0558 e. The van der Waals surface area contributed by atoms with E-state index in [9.17, 15) is 0 Å². The largest absolute Gasteiger partial charge is 0.395 e. The Kier molecular flexibility index (Phi) is 7.44. The second kappa shape index (κ2) is 8.39. The minimum absolute atomic E-state index is 0.299. The molecule has 1 fully saturated rings. The lowest BCUT2D eigenvalue weighted by Crippen LogP contribution is -2.47. The lowest BCUT2D eigenvalue weighted by molar-refractivity contribution is 0.113. The van der Waals surface area contributed by atoms with Crippen LogP contribution >= 0.6 is 11.8 Å². The van der Waals surface area contributed by atoms with E-state index in [4.69, 9.17) is 5.11 Å². The fourth-order valence-electron chi connectivity index (χ4n) is 1.91. The molecule has 1 aliphatic rings. The van der Waals surface area contributed by atoms with Crippen molar-refractivity contribution in [1.82, 2.24) is 9.80 Å². The molecule has 0 aliphatic carbocycles. The van der Waals surface area contributed by atoms with Crippen molar-refractivity contribution < 1.29 is 5.11 Å². The standard InChI is InChI=1S/C11H24N2OS/c1-2-15-11-3-4-12-5-7-13(8-6-12)9-10-14/h14H,2-11H2,1H3. The van der Waals surface area contributed by atoms with Crippen LogP contribution in [0.2, 0.25) is 0 Å². The highest BCUT2D eigenvalue weighted by Gasteiger charge is 2.15. The van der Waals surface area contributed by atoms with Gasteiger partial charge in [0.05, 0.1) is 6.61 Å². The Labute approximate surface area is 97.8 Å². The summed E-state index contributed by atoms with van der Waals surface area (Å²) in [4.78, 5) is 4.89. The fourth-order valence-corrected chi connectivity index (χ4v) is 2.53. The topological polar surface area (TPSA) is 26.7 Å². The van der Waals surface area contributed by atoms with E-state index in [0.29, 0.717) is 6.61 Å². The number of nitrogens with zero attached hydrogens (tertiary/aromatic N) is 2. The van der Waals surface area contributed by atoms with Gasteiger partial charge in [-0.1, -0.05) is 6.92 Å². The van der Waals surface area contributed by atoms with Gasteiger partial charge >= 0.3 is 0 Å². The van der Waals surface area contributed by atoms with E-state index in [2.05, 4.69) is 16.7 Å². The van der Waals surface area contributed by atoms with Crippen LogP contribution in [-0.2, 0) is 0 Å². The minimum atomic E-state index is 0.299. The van der Waals surface area contributed by atoms with Crippen LogP contribution in [0.4, 0.5) is 0 Å². The molecule has 0 amide bonds. The van der Waals surface area contributed by atoms with Crippen LogP contribution in [0.25, 0.3) is 0 Å². The molecular formula is C11H24N2OS. The van der Waals surface area contributed by atoms with Crippen LogP contribution < -0.4 is 0 Å². The summed E-state index contributed by atoms with van der Waals surface area (Å²) in [6, 6.07) is 0. The maximum atomic E-state index is 8.83. The predicted octanol–water partition coefficient (Wildman–Crippen LogP) is 0.739. The normalized spacial score (nSPS) is 19.6. The zero-order valence-corrected chi connectivity index (χ0v) is 10.6. The molecule has 1 aliphatic heterocycles. The number of rotatable bonds is 7. The molecule has 1 saturated heterocycles. The van der Waals surface area contributed by atoms with Gasteiger partial charge in [-0.25, -0.2) is 0 Å². The summed E-state index contributed by atoms with van der Waals surface area (Å²) in [6.45, 7) is 9.22. The van der Waals surface area contributed by atoms with Crippen molar-refractivity contribution in [2.45, 2.75) is 13.3 Å². The molecule has 1 rings (SSSR count). The number of β-amino-alcohol motifs (C(OH)–C–C–N with tert-alkyl or cyclic N) is 1. The first-order valence-electron chi connectivity index (χ1n) is 6.00. The van der Waals surface area contributed by atoms with E-state index in [-0.39, 0.29) is 0 Å². The van der Waals surface area contributed by atoms with Crippen molar-refractivity contribution in [3.63, 3.8) is 0 Å². The van der Waals surface area contributed by atoms with Gasteiger partial charge in [-0.2, -0.15) is 11.8 Å². The van der Waals surface area contributed by atoms with E-state index in [0.717, 1.165) is 19.6 Å². The average Bonchev–Trinajstić information content (AvgIpc) is 2.27. The molecule has 15 heavy (non-hydrogen) atoms. The Hall–Kier alpha value is 0.230. The quantitative estimate of drug-likeness (QED) is 0.655. The molecule has 3 nitrogen and oxygen atoms in total. The molecule has 0 spiro atoms. The van der Waals surface area contributed by atoms with Crippen LogP contribution in [0.1, 0.15) is 13.3 Å². The SMILES string of the molecule is CCSCCCN1CCN(CCO)CC1. The van der Waals surface area contributed by atoms with Gasteiger partial charge in [-0.05, 0) is 24.5 Å². The van der Waals surface area contributed by atoms with Gasteiger partial charge in [-0.15, -0.1) is 0 Å². The van der Waals surface area contributed by atoms with Crippen molar-refractivity contribution in [1.29, 1.82) is 0 Å². The van der Waals surface area contributed by atoms with Crippen molar-refractivity contribution in [3.05, 3.63) is 0 Å². The first-order chi connectivity index (χ1) is 7.36. The zero-order valence-electron chi connectivity index (χ0n) is 9.82. The van der Waals surface area contributed by atoms with Crippen molar-refractivity contribution >= 4 is 11.8 Å².